The number of hydrogen-bond donors (Lipinski definition) is 1. The van der Waals surface area contributed by atoms with E-state index < -0.39 is 0 Å². The third kappa shape index (κ3) is 2.80. The molecule has 1 saturated heterocycles. The molecular weight excluding hydrogens is 326 g/mol. The lowest BCUT2D eigenvalue weighted by molar-refractivity contribution is 0.312. The van der Waals surface area contributed by atoms with Gasteiger partial charge in [-0.2, -0.15) is 0 Å². The first-order valence-corrected chi connectivity index (χ1v) is 9.06. The average molecular weight is 348 g/mol. The monoisotopic (exact) mass is 347 g/mol. The SMILES string of the molecule is Cc1cc(Cl)c(O)c2nc(CN3CCCC3)n(CC3CC3)c(=O)c12. The molecule has 24 heavy (non-hydrogen) atoms. The van der Waals surface area contributed by atoms with Crippen molar-refractivity contribution in [2.24, 2.45) is 5.92 Å². The Morgan fingerprint density at radius 3 is 2.71 bits per heavy atom. The molecule has 2 fully saturated rings. The number of fused-ring (bicyclic) bond motifs is 1. The second kappa shape index (κ2) is 6.05. The fourth-order valence-electron chi connectivity index (χ4n) is 3.58. The Bertz CT molecular complexity index is 852. The number of hydrogen-bond acceptors (Lipinski definition) is 4. The van der Waals surface area contributed by atoms with E-state index in [0.717, 1.165) is 31.0 Å². The van der Waals surface area contributed by atoms with Crippen LogP contribution in [0.4, 0.5) is 0 Å². The zero-order valence-electron chi connectivity index (χ0n) is 13.9. The molecule has 1 aliphatic heterocycles. The van der Waals surface area contributed by atoms with E-state index in [2.05, 4.69) is 9.88 Å². The van der Waals surface area contributed by atoms with Crippen LogP contribution in [0.3, 0.4) is 0 Å². The van der Waals surface area contributed by atoms with Crippen LogP contribution in [-0.2, 0) is 13.1 Å². The quantitative estimate of drug-likeness (QED) is 0.923. The molecule has 0 unspecified atom stereocenters. The van der Waals surface area contributed by atoms with Crippen LogP contribution in [0.15, 0.2) is 10.9 Å². The molecule has 1 aromatic carbocycles. The summed E-state index contributed by atoms with van der Waals surface area (Å²) >= 11 is 6.09. The van der Waals surface area contributed by atoms with Gasteiger partial charge in [0.1, 0.15) is 11.3 Å². The number of phenols is 1. The number of phenolic OH excluding ortho intramolecular Hbond substituents is 1. The van der Waals surface area contributed by atoms with Gasteiger partial charge in [0.15, 0.2) is 5.75 Å². The molecule has 5 nitrogen and oxygen atoms in total. The van der Waals surface area contributed by atoms with Gasteiger partial charge in [-0.3, -0.25) is 14.3 Å². The van der Waals surface area contributed by atoms with E-state index in [1.54, 1.807) is 6.07 Å². The van der Waals surface area contributed by atoms with Crippen molar-refractivity contribution in [1.29, 1.82) is 0 Å². The van der Waals surface area contributed by atoms with Gasteiger partial charge >= 0.3 is 0 Å². The minimum atomic E-state index is -0.0874. The van der Waals surface area contributed by atoms with E-state index >= 15 is 0 Å². The van der Waals surface area contributed by atoms with Crippen molar-refractivity contribution in [3.8, 4) is 5.75 Å². The van der Waals surface area contributed by atoms with Crippen LogP contribution >= 0.6 is 11.6 Å². The van der Waals surface area contributed by atoms with Crippen LogP contribution in [0.2, 0.25) is 5.02 Å². The minimum absolute atomic E-state index is 0.0504. The van der Waals surface area contributed by atoms with Crippen molar-refractivity contribution >= 4 is 22.5 Å². The molecule has 2 aromatic rings. The molecule has 1 saturated carbocycles. The second-order valence-electron chi connectivity index (χ2n) is 7.12. The van der Waals surface area contributed by atoms with Gasteiger partial charge in [0, 0.05) is 6.54 Å². The summed E-state index contributed by atoms with van der Waals surface area (Å²) in [4.78, 5) is 20.1. The summed E-state index contributed by atoms with van der Waals surface area (Å²) in [7, 11) is 0. The van der Waals surface area contributed by atoms with Crippen molar-refractivity contribution in [3.05, 3.63) is 32.8 Å². The number of rotatable bonds is 4. The van der Waals surface area contributed by atoms with E-state index in [-0.39, 0.29) is 16.3 Å². The molecule has 0 atom stereocenters. The molecule has 128 valence electrons. The van der Waals surface area contributed by atoms with Gasteiger partial charge in [-0.15, -0.1) is 0 Å². The third-order valence-electron chi connectivity index (χ3n) is 5.14. The van der Waals surface area contributed by atoms with E-state index in [9.17, 15) is 9.90 Å². The first kappa shape index (κ1) is 15.9. The molecule has 0 radical (unpaired) electrons. The Hall–Kier alpha value is -1.59. The first-order valence-electron chi connectivity index (χ1n) is 8.68. The summed E-state index contributed by atoms with van der Waals surface area (Å²) in [6, 6.07) is 1.64. The summed E-state index contributed by atoms with van der Waals surface area (Å²) in [5, 5.41) is 11.1. The van der Waals surface area contributed by atoms with E-state index in [1.807, 2.05) is 11.5 Å². The second-order valence-corrected chi connectivity index (χ2v) is 7.53. The zero-order valence-corrected chi connectivity index (χ0v) is 14.6. The lowest BCUT2D eigenvalue weighted by Crippen LogP contribution is -2.31. The highest BCUT2D eigenvalue weighted by molar-refractivity contribution is 6.33. The zero-order chi connectivity index (χ0) is 16.8. The molecular formula is C18H22ClN3O2. The molecule has 2 heterocycles. The maximum Gasteiger partial charge on any atom is 0.261 e. The molecule has 0 spiro atoms. The molecule has 6 heteroatoms. The minimum Gasteiger partial charge on any atom is -0.504 e. The number of halogens is 1. The Morgan fingerprint density at radius 2 is 2.04 bits per heavy atom. The molecule has 2 aliphatic rings. The van der Waals surface area contributed by atoms with Gasteiger partial charge in [0.2, 0.25) is 0 Å². The third-order valence-corrected chi connectivity index (χ3v) is 5.43. The maximum atomic E-state index is 13.1. The van der Waals surface area contributed by atoms with Crippen molar-refractivity contribution in [3.63, 3.8) is 0 Å². The fourth-order valence-corrected chi connectivity index (χ4v) is 3.83. The van der Waals surface area contributed by atoms with Crippen molar-refractivity contribution in [2.75, 3.05) is 13.1 Å². The van der Waals surface area contributed by atoms with Gasteiger partial charge in [-0.25, -0.2) is 4.98 Å². The predicted molar refractivity (Wildman–Crippen MR) is 94.6 cm³/mol. The van der Waals surface area contributed by atoms with Crippen LogP contribution in [-0.4, -0.2) is 32.6 Å². The number of benzene rings is 1. The molecule has 1 N–H and O–H groups in total. The van der Waals surface area contributed by atoms with Gasteiger partial charge in [0.25, 0.3) is 5.56 Å². The number of aromatic hydroxyl groups is 1. The Kier molecular flexibility index (Phi) is 4.01. The highest BCUT2D eigenvalue weighted by Crippen LogP contribution is 2.34. The number of likely N-dealkylation sites (tertiary alicyclic amines) is 1. The Balaban J connectivity index is 1.90. The van der Waals surface area contributed by atoms with E-state index in [0.29, 0.717) is 23.4 Å². The first-order chi connectivity index (χ1) is 11.5. The normalized spacial score (nSPS) is 18.6. The van der Waals surface area contributed by atoms with Crippen LogP contribution in [0.1, 0.15) is 37.1 Å². The summed E-state index contributed by atoms with van der Waals surface area (Å²) < 4.78 is 1.83. The van der Waals surface area contributed by atoms with Gasteiger partial charge in [-0.05, 0) is 63.2 Å². The molecule has 1 aliphatic carbocycles. The van der Waals surface area contributed by atoms with Crippen LogP contribution in [0.25, 0.3) is 10.9 Å². The van der Waals surface area contributed by atoms with Crippen molar-refractivity contribution < 1.29 is 5.11 Å². The number of nitrogens with zero attached hydrogens (tertiary/aromatic N) is 3. The fraction of sp³-hybridized carbons (Fsp3) is 0.556. The smallest absolute Gasteiger partial charge is 0.261 e. The predicted octanol–water partition coefficient (Wildman–Crippen LogP) is 3.07. The standard InChI is InChI=1S/C18H22ClN3O2/c1-11-8-13(19)17(23)16-15(11)18(24)22(9-12-4-5-12)14(20-16)10-21-6-2-3-7-21/h8,12,23H,2-7,9-10H2,1H3. The van der Waals surface area contributed by atoms with Crippen molar-refractivity contribution in [1.82, 2.24) is 14.5 Å². The van der Waals surface area contributed by atoms with Gasteiger partial charge < -0.3 is 5.11 Å². The number of aryl methyl sites for hydroxylation is 1. The molecule has 0 bridgehead atoms. The largest absolute Gasteiger partial charge is 0.504 e. The molecule has 4 rings (SSSR count). The topological polar surface area (TPSA) is 58.4 Å². The van der Waals surface area contributed by atoms with E-state index in [4.69, 9.17) is 11.6 Å². The van der Waals surface area contributed by atoms with Crippen molar-refractivity contribution in [2.45, 2.75) is 45.7 Å². The maximum absolute atomic E-state index is 13.1. The van der Waals surface area contributed by atoms with Gasteiger partial charge in [-0.1, -0.05) is 11.6 Å². The summed E-state index contributed by atoms with van der Waals surface area (Å²) in [6.07, 6.45) is 4.74. The molecule has 0 amide bonds. The van der Waals surface area contributed by atoms with Gasteiger partial charge in [0.05, 0.1) is 17.0 Å². The lowest BCUT2D eigenvalue weighted by atomic mass is 10.1. The highest BCUT2D eigenvalue weighted by Gasteiger charge is 2.26. The number of aromatic nitrogens is 2. The molecule has 1 aromatic heterocycles. The van der Waals surface area contributed by atoms with Crippen LogP contribution in [0.5, 0.6) is 5.75 Å². The highest BCUT2D eigenvalue weighted by atomic mass is 35.5. The van der Waals surface area contributed by atoms with Crippen LogP contribution < -0.4 is 5.56 Å². The lowest BCUT2D eigenvalue weighted by Gasteiger charge is -2.19. The summed E-state index contributed by atoms with van der Waals surface area (Å²) in [5.41, 5.74) is 1.05. The Morgan fingerprint density at radius 1 is 1.33 bits per heavy atom. The Labute approximate surface area is 145 Å². The average Bonchev–Trinajstić information content (AvgIpc) is 3.22. The summed E-state index contributed by atoms with van der Waals surface area (Å²) in [5.74, 6) is 1.24. The summed E-state index contributed by atoms with van der Waals surface area (Å²) in [6.45, 7) is 5.31. The van der Waals surface area contributed by atoms with E-state index in [1.165, 1.54) is 25.7 Å². The van der Waals surface area contributed by atoms with Crippen LogP contribution in [0, 0.1) is 12.8 Å².